The number of unbranched alkanes of at least 4 members (excludes halogenated alkanes) is 1. The summed E-state index contributed by atoms with van der Waals surface area (Å²) in [6, 6.07) is 0. The first-order valence-electron chi connectivity index (χ1n) is 6.95. The predicted octanol–water partition coefficient (Wildman–Crippen LogP) is 2.11. The maximum Gasteiger partial charge on any atom is 0.105 e. The first-order chi connectivity index (χ1) is 8.61. The Kier molecular flexibility index (Phi) is 6.36. The molecular weight excluding hydrogens is 226 g/mol. The van der Waals surface area contributed by atoms with Crippen LogP contribution in [0, 0.1) is 6.92 Å². The molecule has 0 aliphatic rings. The van der Waals surface area contributed by atoms with Gasteiger partial charge in [0.2, 0.25) is 0 Å². The molecule has 0 saturated carbocycles. The Hall–Kier alpha value is -0.870. The van der Waals surface area contributed by atoms with Gasteiger partial charge in [-0.2, -0.15) is 0 Å². The van der Waals surface area contributed by atoms with Gasteiger partial charge >= 0.3 is 0 Å². The van der Waals surface area contributed by atoms with Gasteiger partial charge in [-0.3, -0.25) is 0 Å². The normalized spacial score (nSPS) is 14.7. The average molecular weight is 253 g/mol. The van der Waals surface area contributed by atoms with Gasteiger partial charge in [0.25, 0.3) is 0 Å². The van der Waals surface area contributed by atoms with Crippen molar-refractivity contribution in [2.24, 2.45) is 0 Å². The van der Waals surface area contributed by atoms with E-state index in [0.29, 0.717) is 0 Å². The van der Waals surface area contributed by atoms with Gasteiger partial charge in [-0.1, -0.05) is 6.92 Å². The number of rotatable bonds is 9. The van der Waals surface area contributed by atoms with Crippen LogP contribution in [-0.4, -0.2) is 33.3 Å². The van der Waals surface area contributed by atoms with Gasteiger partial charge in [-0.25, -0.2) is 4.98 Å². The molecule has 1 atom stereocenters. The summed E-state index contributed by atoms with van der Waals surface area (Å²) in [6.07, 6.45) is 8.22. The number of aryl methyl sites for hydroxylation is 2. The van der Waals surface area contributed by atoms with Crippen molar-refractivity contribution in [1.29, 1.82) is 0 Å². The first kappa shape index (κ1) is 15.2. The summed E-state index contributed by atoms with van der Waals surface area (Å²) in [7, 11) is 0. The number of imidazole rings is 1. The smallest absolute Gasteiger partial charge is 0.105 e. The van der Waals surface area contributed by atoms with Crippen LogP contribution in [0.4, 0.5) is 0 Å². The molecule has 0 saturated heterocycles. The Morgan fingerprint density at radius 3 is 2.78 bits per heavy atom. The number of aliphatic hydroxyl groups is 1. The lowest BCUT2D eigenvalue weighted by molar-refractivity contribution is 0.162. The van der Waals surface area contributed by atoms with E-state index in [2.05, 4.69) is 28.7 Å². The molecule has 1 rings (SSSR count). The maximum atomic E-state index is 9.46. The zero-order valence-electron chi connectivity index (χ0n) is 11.9. The van der Waals surface area contributed by atoms with Crippen molar-refractivity contribution in [3.8, 4) is 0 Å². The highest BCUT2D eigenvalue weighted by Crippen LogP contribution is 2.14. The summed E-state index contributed by atoms with van der Waals surface area (Å²) in [5.74, 6) is 1.07. The summed E-state index contributed by atoms with van der Waals surface area (Å²) >= 11 is 0. The van der Waals surface area contributed by atoms with Crippen molar-refractivity contribution in [2.75, 3.05) is 13.2 Å². The zero-order chi connectivity index (χ0) is 13.4. The molecule has 0 radical (unpaired) electrons. The predicted molar refractivity (Wildman–Crippen MR) is 74.6 cm³/mol. The van der Waals surface area contributed by atoms with Gasteiger partial charge in [0, 0.05) is 24.5 Å². The van der Waals surface area contributed by atoms with Crippen LogP contribution in [0.25, 0.3) is 0 Å². The standard InChI is InChI=1S/C14H27N3O/c1-4-8-16-14(3,12-18)7-5-6-10-17-11-9-15-13(17)2/h9,11,16,18H,4-8,10,12H2,1-3H3. The lowest BCUT2D eigenvalue weighted by Gasteiger charge is -2.29. The highest BCUT2D eigenvalue weighted by molar-refractivity contribution is 4.88. The van der Waals surface area contributed by atoms with Crippen LogP contribution in [0.3, 0.4) is 0 Å². The van der Waals surface area contributed by atoms with Crippen LogP contribution in [0.1, 0.15) is 45.4 Å². The van der Waals surface area contributed by atoms with Crippen LogP contribution in [0.5, 0.6) is 0 Å². The summed E-state index contributed by atoms with van der Waals surface area (Å²) in [6.45, 7) is 8.47. The summed E-state index contributed by atoms with van der Waals surface area (Å²) in [5, 5.41) is 12.9. The van der Waals surface area contributed by atoms with E-state index in [1.165, 1.54) is 0 Å². The van der Waals surface area contributed by atoms with Crippen LogP contribution >= 0.6 is 0 Å². The Bertz CT molecular complexity index is 338. The molecule has 0 amide bonds. The monoisotopic (exact) mass is 253 g/mol. The van der Waals surface area contributed by atoms with Crippen LogP contribution < -0.4 is 5.32 Å². The second kappa shape index (κ2) is 7.54. The van der Waals surface area contributed by atoms with Crippen molar-refractivity contribution in [2.45, 2.75) is 58.5 Å². The fourth-order valence-electron chi connectivity index (χ4n) is 2.09. The van der Waals surface area contributed by atoms with Crippen LogP contribution in [0.2, 0.25) is 0 Å². The quantitative estimate of drug-likeness (QED) is 0.663. The molecule has 0 fully saturated rings. The summed E-state index contributed by atoms with van der Waals surface area (Å²) in [4.78, 5) is 4.21. The third kappa shape index (κ3) is 4.78. The first-order valence-corrected chi connectivity index (χ1v) is 6.95. The fourth-order valence-corrected chi connectivity index (χ4v) is 2.09. The molecule has 0 aliphatic carbocycles. The molecule has 1 aromatic heterocycles. The molecule has 4 heteroatoms. The van der Waals surface area contributed by atoms with Crippen molar-refractivity contribution in [1.82, 2.24) is 14.9 Å². The molecule has 0 aliphatic heterocycles. The van der Waals surface area contributed by atoms with E-state index < -0.39 is 0 Å². The van der Waals surface area contributed by atoms with Gasteiger partial charge in [-0.05, 0) is 46.1 Å². The third-order valence-electron chi connectivity index (χ3n) is 3.45. The highest BCUT2D eigenvalue weighted by Gasteiger charge is 2.21. The summed E-state index contributed by atoms with van der Waals surface area (Å²) < 4.78 is 2.18. The van der Waals surface area contributed by atoms with E-state index in [1.807, 2.05) is 19.3 Å². The van der Waals surface area contributed by atoms with Gasteiger partial charge in [0.1, 0.15) is 5.82 Å². The molecule has 18 heavy (non-hydrogen) atoms. The molecule has 1 heterocycles. The number of hydrogen-bond donors (Lipinski definition) is 2. The number of hydrogen-bond acceptors (Lipinski definition) is 3. The SMILES string of the molecule is CCCNC(C)(CO)CCCCn1ccnc1C. The number of aromatic nitrogens is 2. The zero-order valence-corrected chi connectivity index (χ0v) is 11.9. The van der Waals surface area contributed by atoms with E-state index in [0.717, 1.165) is 44.6 Å². The Morgan fingerprint density at radius 2 is 2.22 bits per heavy atom. The van der Waals surface area contributed by atoms with Crippen molar-refractivity contribution >= 4 is 0 Å². The molecule has 0 aromatic carbocycles. The lowest BCUT2D eigenvalue weighted by atomic mass is 9.95. The number of aliphatic hydroxyl groups excluding tert-OH is 1. The van der Waals surface area contributed by atoms with Gasteiger partial charge in [-0.15, -0.1) is 0 Å². The van der Waals surface area contributed by atoms with Crippen LogP contribution in [-0.2, 0) is 6.54 Å². The van der Waals surface area contributed by atoms with Crippen molar-refractivity contribution < 1.29 is 5.11 Å². The van der Waals surface area contributed by atoms with E-state index in [4.69, 9.17) is 0 Å². The van der Waals surface area contributed by atoms with Crippen molar-refractivity contribution in [3.63, 3.8) is 0 Å². The Morgan fingerprint density at radius 1 is 1.44 bits per heavy atom. The van der Waals surface area contributed by atoms with Gasteiger partial charge < -0.3 is 15.0 Å². The van der Waals surface area contributed by atoms with E-state index >= 15 is 0 Å². The van der Waals surface area contributed by atoms with Crippen LogP contribution in [0.15, 0.2) is 12.4 Å². The maximum absolute atomic E-state index is 9.46. The third-order valence-corrected chi connectivity index (χ3v) is 3.45. The fraction of sp³-hybridized carbons (Fsp3) is 0.786. The molecule has 0 spiro atoms. The second-order valence-electron chi connectivity index (χ2n) is 5.27. The molecule has 0 bridgehead atoms. The van der Waals surface area contributed by atoms with E-state index in [9.17, 15) is 5.11 Å². The minimum Gasteiger partial charge on any atom is -0.394 e. The van der Waals surface area contributed by atoms with E-state index in [-0.39, 0.29) is 12.1 Å². The number of nitrogens with one attached hydrogen (secondary N) is 1. The molecular formula is C14H27N3O. The minimum atomic E-state index is -0.125. The molecule has 1 aromatic rings. The topological polar surface area (TPSA) is 50.1 Å². The average Bonchev–Trinajstić information content (AvgIpc) is 2.78. The Labute approximate surface area is 110 Å². The largest absolute Gasteiger partial charge is 0.394 e. The Balaban J connectivity index is 2.25. The van der Waals surface area contributed by atoms with Gasteiger partial charge in [0.05, 0.1) is 6.61 Å². The second-order valence-corrected chi connectivity index (χ2v) is 5.27. The van der Waals surface area contributed by atoms with Gasteiger partial charge in [0.15, 0.2) is 0 Å². The summed E-state index contributed by atoms with van der Waals surface area (Å²) in [5.41, 5.74) is -0.125. The molecule has 4 nitrogen and oxygen atoms in total. The minimum absolute atomic E-state index is 0.125. The molecule has 2 N–H and O–H groups in total. The highest BCUT2D eigenvalue weighted by atomic mass is 16.3. The molecule has 1 unspecified atom stereocenters. The van der Waals surface area contributed by atoms with Crippen molar-refractivity contribution in [3.05, 3.63) is 18.2 Å². The molecule has 104 valence electrons. The number of nitrogens with zero attached hydrogens (tertiary/aromatic N) is 2. The lowest BCUT2D eigenvalue weighted by Crippen LogP contribution is -2.46. The van der Waals surface area contributed by atoms with E-state index in [1.54, 1.807) is 0 Å².